The first-order valence-electron chi connectivity index (χ1n) is 6.95. The second-order valence-electron chi connectivity index (χ2n) is 5.41. The maximum Gasteiger partial charge on any atom is 0.338 e. The lowest BCUT2D eigenvalue weighted by atomic mass is 9.94. The van der Waals surface area contributed by atoms with Gasteiger partial charge in [0.2, 0.25) is 10.0 Å². The van der Waals surface area contributed by atoms with Gasteiger partial charge in [0.25, 0.3) is 0 Å². The second-order valence-corrected chi connectivity index (χ2v) is 7.45. The van der Waals surface area contributed by atoms with Gasteiger partial charge in [0.1, 0.15) is 6.61 Å². The van der Waals surface area contributed by atoms with Crippen LogP contribution < -0.4 is 5.73 Å². The predicted octanol–water partition coefficient (Wildman–Crippen LogP) is 0.701. The Morgan fingerprint density at radius 2 is 2.19 bits per heavy atom. The molecule has 7 heteroatoms. The zero-order valence-electron chi connectivity index (χ0n) is 11.8. The molecule has 1 fully saturated rings. The van der Waals surface area contributed by atoms with E-state index in [0.717, 1.165) is 16.7 Å². The zero-order valence-corrected chi connectivity index (χ0v) is 12.6. The Morgan fingerprint density at radius 1 is 1.43 bits per heavy atom. The van der Waals surface area contributed by atoms with Crippen molar-refractivity contribution in [2.24, 2.45) is 5.73 Å². The number of nitrogens with two attached hydrogens (primary N) is 1. The molecule has 0 spiro atoms. The molecule has 0 radical (unpaired) electrons. The normalized spacial score (nSPS) is 22.1. The molecule has 21 heavy (non-hydrogen) atoms. The quantitative estimate of drug-likeness (QED) is 0.830. The van der Waals surface area contributed by atoms with Crippen LogP contribution in [0.5, 0.6) is 0 Å². The van der Waals surface area contributed by atoms with Crippen molar-refractivity contribution in [1.82, 2.24) is 4.31 Å². The first-order chi connectivity index (χ1) is 9.95. The molecule has 2 heterocycles. The van der Waals surface area contributed by atoms with Gasteiger partial charge in [0, 0.05) is 18.7 Å². The van der Waals surface area contributed by atoms with Gasteiger partial charge in [-0.25, -0.2) is 13.2 Å². The van der Waals surface area contributed by atoms with Crippen molar-refractivity contribution in [2.75, 3.05) is 18.8 Å². The summed E-state index contributed by atoms with van der Waals surface area (Å²) in [6, 6.07) is 3.13. The van der Waals surface area contributed by atoms with Crippen molar-refractivity contribution in [3.63, 3.8) is 0 Å². The summed E-state index contributed by atoms with van der Waals surface area (Å²) in [6.07, 6.45) is 0.629. The highest BCUT2D eigenvalue weighted by Gasteiger charge is 2.36. The average Bonchev–Trinajstić information content (AvgIpc) is 2.98. The minimum Gasteiger partial charge on any atom is -0.457 e. The number of hydrogen-bond acceptors (Lipinski definition) is 5. The van der Waals surface area contributed by atoms with Gasteiger partial charge in [-0.1, -0.05) is 6.07 Å². The fourth-order valence-electron chi connectivity index (χ4n) is 3.14. The maximum atomic E-state index is 12.1. The number of sulfonamides is 1. The van der Waals surface area contributed by atoms with Crippen LogP contribution >= 0.6 is 0 Å². The van der Waals surface area contributed by atoms with Gasteiger partial charge in [-0.15, -0.1) is 0 Å². The van der Waals surface area contributed by atoms with Crippen molar-refractivity contribution in [2.45, 2.75) is 26.0 Å². The van der Waals surface area contributed by atoms with Crippen LogP contribution in [0.4, 0.5) is 0 Å². The molecular formula is C14H18N2O4S. The van der Waals surface area contributed by atoms with Crippen LogP contribution in [0, 0.1) is 6.92 Å². The summed E-state index contributed by atoms with van der Waals surface area (Å²) in [6.45, 7) is 2.85. The van der Waals surface area contributed by atoms with Crippen LogP contribution in [0.25, 0.3) is 0 Å². The molecule has 3 rings (SSSR count). The van der Waals surface area contributed by atoms with E-state index in [1.165, 1.54) is 4.31 Å². The molecule has 2 aliphatic rings. The van der Waals surface area contributed by atoms with Gasteiger partial charge in [0.15, 0.2) is 0 Å². The minimum atomic E-state index is -3.23. The average molecular weight is 310 g/mol. The number of rotatable bonds is 3. The Labute approximate surface area is 123 Å². The van der Waals surface area contributed by atoms with Gasteiger partial charge in [0.05, 0.1) is 17.4 Å². The van der Waals surface area contributed by atoms with Gasteiger partial charge in [-0.2, -0.15) is 4.31 Å². The largest absolute Gasteiger partial charge is 0.457 e. The van der Waals surface area contributed by atoms with Crippen molar-refractivity contribution < 1.29 is 17.9 Å². The SMILES string of the molecule is Cc1c([C@H](CN)N2CCCS2(=O)=O)ccc2c1COC2=O. The smallest absolute Gasteiger partial charge is 0.338 e. The van der Waals surface area contributed by atoms with E-state index in [2.05, 4.69) is 0 Å². The standard InChI is InChI=1S/C14H18N2O4S/c1-9-10(3-4-11-12(9)8-20-14(11)17)13(7-15)16-5-2-6-21(16,18)19/h3-4,13H,2,5-8,15H2,1H3/t13-/m0/s1. The molecule has 0 saturated carbocycles. The predicted molar refractivity (Wildman–Crippen MR) is 77.2 cm³/mol. The van der Waals surface area contributed by atoms with Crippen molar-refractivity contribution in [1.29, 1.82) is 0 Å². The van der Waals surface area contributed by atoms with E-state index in [1.54, 1.807) is 12.1 Å². The Balaban J connectivity index is 2.05. The highest BCUT2D eigenvalue weighted by atomic mass is 32.2. The molecule has 0 aromatic heterocycles. The Hall–Kier alpha value is -1.44. The molecular weight excluding hydrogens is 292 g/mol. The Morgan fingerprint density at radius 3 is 2.81 bits per heavy atom. The number of fused-ring (bicyclic) bond motifs is 1. The topological polar surface area (TPSA) is 89.7 Å². The Bertz CT molecular complexity index is 699. The lowest BCUT2D eigenvalue weighted by molar-refractivity contribution is 0.0535. The summed E-state index contributed by atoms with van der Waals surface area (Å²) >= 11 is 0. The van der Waals surface area contributed by atoms with E-state index < -0.39 is 10.0 Å². The van der Waals surface area contributed by atoms with Crippen molar-refractivity contribution >= 4 is 16.0 Å². The third-order valence-electron chi connectivity index (χ3n) is 4.28. The van der Waals surface area contributed by atoms with E-state index in [4.69, 9.17) is 10.5 Å². The van der Waals surface area contributed by atoms with Crippen LogP contribution in [0.2, 0.25) is 0 Å². The highest BCUT2D eigenvalue weighted by molar-refractivity contribution is 7.89. The van der Waals surface area contributed by atoms with E-state index >= 15 is 0 Å². The van der Waals surface area contributed by atoms with Crippen LogP contribution in [0.3, 0.4) is 0 Å². The van der Waals surface area contributed by atoms with Gasteiger partial charge in [-0.3, -0.25) is 0 Å². The third-order valence-corrected chi connectivity index (χ3v) is 6.23. The van der Waals surface area contributed by atoms with Crippen LogP contribution in [0.1, 0.15) is 39.5 Å². The molecule has 0 aliphatic carbocycles. The molecule has 6 nitrogen and oxygen atoms in total. The molecule has 2 aliphatic heterocycles. The van der Waals surface area contributed by atoms with Crippen molar-refractivity contribution in [3.05, 3.63) is 34.4 Å². The highest BCUT2D eigenvalue weighted by Crippen LogP contribution is 2.33. The molecule has 1 aromatic carbocycles. The molecule has 1 aromatic rings. The fourth-order valence-corrected chi connectivity index (χ4v) is 4.86. The van der Waals surface area contributed by atoms with Crippen LogP contribution in [-0.4, -0.2) is 37.5 Å². The number of esters is 1. The molecule has 0 amide bonds. The fraction of sp³-hybridized carbons (Fsp3) is 0.500. The number of benzene rings is 1. The monoisotopic (exact) mass is 310 g/mol. The number of ether oxygens (including phenoxy) is 1. The minimum absolute atomic E-state index is 0.176. The van der Waals surface area contributed by atoms with E-state index in [9.17, 15) is 13.2 Å². The number of carbonyl (C=O) groups is 1. The van der Waals surface area contributed by atoms with E-state index in [1.807, 2.05) is 6.92 Å². The van der Waals surface area contributed by atoms with Crippen LogP contribution in [0.15, 0.2) is 12.1 Å². The Kier molecular flexibility index (Phi) is 3.51. The third kappa shape index (κ3) is 2.25. The molecule has 1 saturated heterocycles. The summed E-state index contributed by atoms with van der Waals surface area (Å²) < 4.78 is 30.8. The first-order valence-corrected chi connectivity index (χ1v) is 8.55. The van der Waals surface area contributed by atoms with Crippen LogP contribution in [-0.2, 0) is 21.4 Å². The van der Waals surface area contributed by atoms with E-state index in [-0.39, 0.29) is 30.9 Å². The first kappa shape index (κ1) is 14.5. The molecule has 1 atom stereocenters. The summed E-state index contributed by atoms with van der Waals surface area (Å²) in [7, 11) is -3.23. The molecule has 0 unspecified atom stereocenters. The number of carbonyl (C=O) groups excluding carboxylic acids is 1. The van der Waals surface area contributed by atoms with Gasteiger partial charge < -0.3 is 10.5 Å². The lowest BCUT2D eigenvalue weighted by Gasteiger charge is -2.27. The summed E-state index contributed by atoms with van der Waals surface area (Å²) in [4.78, 5) is 11.6. The second kappa shape index (κ2) is 5.08. The summed E-state index contributed by atoms with van der Waals surface area (Å²) in [5, 5.41) is 0. The number of nitrogens with zero attached hydrogens (tertiary/aromatic N) is 1. The van der Waals surface area contributed by atoms with Gasteiger partial charge in [-0.05, 0) is 30.5 Å². The number of cyclic esters (lactones) is 1. The molecule has 2 N–H and O–H groups in total. The van der Waals surface area contributed by atoms with Crippen molar-refractivity contribution in [3.8, 4) is 0 Å². The van der Waals surface area contributed by atoms with Gasteiger partial charge >= 0.3 is 5.97 Å². The zero-order chi connectivity index (χ0) is 15.2. The van der Waals surface area contributed by atoms with E-state index in [0.29, 0.717) is 18.5 Å². The summed E-state index contributed by atoms with van der Waals surface area (Å²) in [5.74, 6) is -0.146. The lowest BCUT2D eigenvalue weighted by Crippen LogP contribution is -2.35. The maximum absolute atomic E-state index is 12.1. The molecule has 114 valence electrons. The number of hydrogen-bond donors (Lipinski definition) is 1. The molecule has 0 bridgehead atoms. The summed E-state index contributed by atoms with van der Waals surface area (Å²) in [5.41, 5.74) is 9.01.